The topological polar surface area (TPSA) is 278 Å². The number of aromatic hydroxyl groups is 1. The van der Waals surface area contributed by atoms with E-state index in [0.29, 0.717) is 17.7 Å². The number of benzene rings is 1. The van der Waals surface area contributed by atoms with Gasteiger partial charge in [-0.3, -0.25) is 24.2 Å². The van der Waals surface area contributed by atoms with Gasteiger partial charge in [0.05, 0.1) is 12.5 Å². The normalized spacial score (nSPS) is 13.7. The van der Waals surface area contributed by atoms with Crippen LogP contribution in [-0.2, 0) is 30.4 Å². The lowest BCUT2D eigenvalue weighted by molar-refractivity contribution is -0.142. The number of nitrogens with two attached hydrogens (primary N) is 4. The zero-order valence-corrected chi connectivity index (χ0v) is 23.0. The predicted octanol–water partition coefficient (Wildman–Crippen LogP) is -2.52. The molecule has 13 N–H and O–H groups in total. The monoisotopic (exact) mass is 582 g/mol. The minimum absolute atomic E-state index is 0.00792. The van der Waals surface area contributed by atoms with E-state index in [9.17, 15) is 34.2 Å². The number of carbonyl (C=O) groups is 5. The Hall–Kier alpha value is -4.05. The molecule has 0 spiro atoms. The second kappa shape index (κ2) is 17.5. The van der Waals surface area contributed by atoms with Crippen LogP contribution in [0, 0.1) is 0 Å². The molecule has 4 unspecified atom stereocenters. The molecule has 0 aliphatic carbocycles. The van der Waals surface area contributed by atoms with Crippen molar-refractivity contribution in [2.24, 2.45) is 27.9 Å². The number of carboxylic acid groups (broad SMARTS) is 1. The number of rotatable bonds is 18. The zero-order valence-electron chi connectivity index (χ0n) is 22.2. The first-order chi connectivity index (χ1) is 18.8. The molecule has 0 aromatic heterocycles. The Morgan fingerprint density at radius 1 is 0.900 bits per heavy atom. The van der Waals surface area contributed by atoms with Crippen molar-refractivity contribution in [3.05, 3.63) is 29.8 Å². The standard InChI is InChI=1S/C24H38N8O7S/c1-40-10-8-15(25)20(35)31-18(12-19(26)34)22(37)32-17(11-13-4-6-14(33)7-5-13)21(36)30-16(23(38)39)3-2-9-29-24(27)28/h4-7,15-18,33H,2-3,8-12,25H2,1H3,(H2,26,34)(H,30,36)(H,31,35)(H,32,37)(H,38,39)(H4,27,28,29). The number of phenols is 1. The molecule has 4 amide bonds. The molecule has 0 heterocycles. The largest absolute Gasteiger partial charge is 0.508 e. The van der Waals surface area contributed by atoms with Crippen LogP contribution in [0.25, 0.3) is 0 Å². The van der Waals surface area contributed by atoms with Crippen molar-refractivity contribution in [1.82, 2.24) is 16.0 Å². The van der Waals surface area contributed by atoms with Gasteiger partial charge in [-0.15, -0.1) is 0 Å². The van der Waals surface area contributed by atoms with Crippen LogP contribution in [0.5, 0.6) is 5.75 Å². The maximum atomic E-state index is 13.2. The van der Waals surface area contributed by atoms with E-state index < -0.39 is 60.2 Å². The maximum Gasteiger partial charge on any atom is 0.326 e. The van der Waals surface area contributed by atoms with E-state index in [2.05, 4.69) is 20.9 Å². The number of amides is 4. The van der Waals surface area contributed by atoms with Gasteiger partial charge in [0.1, 0.15) is 23.9 Å². The number of phenolic OH excluding ortho intramolecular Hbond substituents is 1. The van der Waals surface area contributed by atoms with Crippen LogP contribution in [0.3, 0.4) is 0 Å². The number of nitrogens with one attached hydrogen (secondary N) is 3. The van der Waals surface area contributed by atoms with Crippen molar-refractivity contribution in [3.8, 4) is 5.75 Å². The first-order valence-electron chi connectivity index (χ1n) is 12.3. The SMILES string of the molecule is CSCCC(N)C(=O)NC(CC(N)=O)C(=O)NC(Cc1ccc(O)cc1)C(=O)NC(CCCN=C(N)N)C(=O)O. The van der Waals surface area contributed by atoms with Crippen LogP contribution < -0.4 is 38.9 Å². The molecule has 0 bridgehead atoms. The zero-order chi connectivity index (χ0) is 30.2. The van der Waals surface area contributed by atoms with Gasteiger partial charge in [0.2, 0.25) is 23.6 Å². The van der Waals surface area contributed by atoms with Crippen LogP contribution in [0.4, 0.5) is 0 Å². The van der Waals surface area contributed by atoms with Crippen molar-refractivity contribution in [2.75, 3.05) is 18.6 Å². The summed E-state index contributed by atoms with van der Waals surface area (Å²) in [7, 11) is 0. The van der Waals surface area contributed by atoms with E-state index in [0.717, 1.165) is 0 Å². The number of guanidine groups is 1. The average Bonchev–Trinajstić information content (AvgIpc) is 2.88. The van der Waals surface area contributed by atoms with Crippen molar-refractivity contribution in [3.63, 3.8) is 0 Å². The third kappa shape index (κ3) is 13.1. The molecule has 1 aromatic rings. The molecule has 0 aliphatic rings. The molecule has 1 aromatic carbocycles. The number of hydrogen-bond acceptors (Lipinski definition) is 9. The highest BCUT2D eigenvalue weighted by atomic mass is 32.2. The Labute approximate surface area is 235 Å². The van der Waals surface area contributed by atoms with Crippen LogP contribution in [0.15, 0.2) is 29.3 Å². The summed E-state index contributed by atoms with van der Waals surface area (Å²) in [4.78, 5) is 66.0. The molecule has 40 heavy (non-hydrogen) atoms. The minimum atomic E-state index is -1.43. The number of carboxylic acids is 1. The summed E-state index contributed by atoms with van der Waals surface area (Å²) in [5, 5.41) is 26.4. The fraction of sp³-hybridized carbons (Fsp3) is 0.500. The van der Waals surface area contributed by atoms with E-state index in [-0.39, 0.29) is 37.5 Å². The van der Waals surface area contributed by atoms with E-state index in [1.165, 1.54) is 36.0 Å². The number of aliphatic carboxylic acids is 1. The first kappa shape index (κ1) is 34.0. The van der Waals surface area contributed by atoms with Gasteiger partial charge >= 0.3 is 5.97 Å². The van der Waals surface area contributed by atoms with Gasteiger partial charge in [0.15, 0.2) is 5.96 Å². The maximum absolute atomic E-state index is 13.2. The van der Waals surface area contributed by atoms with Crippen LogP contribution in [0.1, 0.15) is 31.2 Å². The second-order valence-electron chi connectivity index (χ2n) is 8.90. The Bertz CT molecular complexity index is 1050. The van der Waals surface area contributed by atoms with Gasteiger partial charge in [-0.1, -0.05) is 12.1 Å². The quantitative estimate of drug-likeness (QED) is 0.0495. The lowest BCUT2D eigenvalue weighted by Gasteiger charge is -2.25. The lowest BCUT2D eigenvalue weighted by Crippen LogP contribution is -2.58. The third-order valence-corrected chi connectivity index (χ3v) is 6.22. The number of aliphatic imine (C=N–C) groups is 1. The van der Waals surface area contributed by atoms with Gasteiger partial charge in [0, 0.05) is 13.0 Å². The van der Waals surface area contributed by atoms with E-state index >= 15 is 0 Å². The second-order valence-corrected chi connectivity index (χ2v) is 9.89. The number of hydrogen-bond donors (Lipinski definition) is 9. The average molecular weight is 583 g/mol. The van der Waals surface area contributed by atoms with Gasteiger partial charge in [-0.05, 0) is 49.0 Å². The summed E-state index contributed by atoms with van der Waals surface area (Å²) in [6.45, 7) is 0.142. The smallest absolute Gasteiger partial charge is 0.326 e. The molecule has 15 nitrogen and oxygen atoms in total. The number of primary amides is 1. The van der Waals surface area contributed by atoms with Crippen molar-refractivity contribution >= 4 is 47.3 Å². The van der Waals surface area contributed by atoms with Gasteiger partial charge in [0.25, 0.3) is 0 Å². The van der Waals surface area contributed by atoms with E-state index in [1.54, 1.807) is 0 Å². The molecule has 0 fully saturated rings. The Morgan fingerprint density at radius 2 is 1.48 bits per heavy atom. The van der Waals surface area contributed by atoms with Crippen LogP contribution in [-0.4, -0.2) is 88.5 Å². The van der Waals surface area contributed by atoms with Crippen molar-refractivity contribution < 1.29 is 34.2 Å². The summed E-state index contributed by atoms with van der Waals surface area (Å²) in [6.07, 6.45) is 1.72. The predicted molar refractivity (Wildman–Crippen MR) is 150 cm³/mol. The molecular weight excluding hydrogens is 544 g/mol. The highest BCUT2D eigenvalue weighted by Crippen LogP contribution is 2.12. The summed E-state index contributed by atoms with van der Waals surface area (Å²) >= 11 is 1.48. The molecule has 0 saturated heterocycles. The molecule has 0 saturated carbocycles. The van der Waals surface area contributed by atoms with Gasteiger partial charge < -0.3 is 49.1 Å². The molecule has 0 radical (unpaired) electrons. The summed E-state index contributed by atoms with van der Waals surface area (Å²) in [6, 6.07) is 0.755. The first-order valence-corrected chi connectivity index (χ1v) is 13.7. The summed E-state index contributed by atoms with van der Waals surface area (Å²) in [5.74, 6) is -4.21. The Morgan fingerprint density at radius 3 is 2.02 bits per heavy atom. The minimum Gasteiger partial charge on any atom is -0.508 e. The number of carbonyl (C=O) groups excluding carboxylic acids is 4. The van der Waals surface area contributed by atoms with E-state index in [1.807, 2.05) is 6.26 Å². The fourth-order valence-electron chi connectivity index (χ4n) is 3.45. The fourth-order valence-corrected chi connectivity index (χ4v) is 3.94. The molecule has 1 rings (SSSR count). The highest BCUT2D eigenvalue weighted by Gasteiger charge is 2.31. The lowest BCUT2D eigenvalue weighted by atomic mass is 10.0. The van der Waals surface area contributed by atoms with Crippen LogP contribution >= 0.6 is 11.8 Å². The van der Waals surface area contributed by atoms with E-state index in [4.69, 9.17) is 22.9 Å². The number of thioether (sulfide) groups is 1. The Balaban J connectivity index is 3.12. The van der Waals surface area contributed by atoms with Gasteiger partial charge in [-0.25, -0.2) is 4.79 Å². The molecule has 16 heteroatoms. The van der Waals surface area contributed by atoms with Gasteiger partial charge in [-0.2, -0.15) is 11.8 Å². The third-order valence-electron chi connectivity index (χ3n) is 5.58. The Kier molecular flexibility index (Phi) is 14.9. The van der Waals surface area contributed by atoms with Crippen LogP contribution in [0.2, 0.25) is 0 Å². The summed E-state index contributed by atoms with van der Waals surface area (Å²) < 4.78 is 0. The van der Waals surface area contributed by atoms with Crippen molar-refractivity contribution in [1.29, 1.82) is 0 Å². The highest BCUT2D eigenvalue weighted by molar-refractivity contribution is 7.98. The molecule has 4 atom stereocenters. The molecule has 0 aliphatic heterocycles. The van der Waals surface area contributed by atoms with Crippen molar-refractivity contribution in [2.45, 2.75) is 56.3 Å². The summed E-state index contributed by atoms with van der Waals surface area (Å²) in [5.41, 5.74) is 22.2. The molecular formula is C24H38N8O7S. The molecule has 222 valence electrons. The number of nitrogens with zero attached hydrogens (tertiary/aromatic N) is 1.